The highest BCUT2D eigenvalue weighted by molar-refractivity contribution is 9.10. The van der Waals surface area contributed by atoms with Crippen molar-refractivity contribution in [3.63, 3.8) is 0 Å². The van der Waals surface area contributed by atoms with Crippen LogP contribution >= 0.6 is 27.7 Å². The van der Waals surface area contributed by atoms with Crippen molar-refractivity contribution in [3.05, 3.63) is 63.9 Å². The highest BCUT2D eigenvalue weighted by Crippen LogP contribution is 2.26. The maximum absolute atomic E-state index is 13.7. The van der Waals surface area contributed by atoms with Gasteiger partial charge in [0.15, 0.2) is 0 Å². The summed E-state index contributed by atoms with van der Waals surface area (Å²) >= 11 is 5.03. The predicted molar refractivity (Wildman–Crippen MR) is 87.5 cm³/mol. The summed E-state index contributed by atoms with van der Waals surface area (Å²) in [6, 6.07) is 13.4. The third-order valence-corrected chi connectivity index (χ3v) is 4.42. The molecule has 0 aliphatic heterocycles. The van der Waals surface area contributed by atoms with E-state index in [4.69, 9.17) is 0 Å². The lowest BCUT2D eigenvalue weighted by molar-refractivity contribution is 0.617. The van der Waals surface area contributed by atoms with Gasteiger partial charge in [-0.3, -0.25) is 0 Å². The highest BCUT2D eigenvalue weighted by atomic mass is 79.9. The van der Waals surface area contributed by atoms with Crippen LogP contribution in [0, 0.1) is 5.82 Å². The van der Waals surface area contributed by atoms with Crippen molar-refractivity contribution < 1.29 is 4.39 Å². The Kier molecular flexibility index (Phi) is 6.07. The van der Waals surface area contributed by atoms with Crippen LogP contribution < -0.4 is 5.32 Å². The second-order valence-electron chi connectivity index (χ2n) is 4.45. The van der Waals surface area contributed by atoms with Crippen molar-refractivity contribution in [1.29, 1.82) is 0 Å². The fraction of sp³-hybridized carbons (Fsp3) is 0.250. The zero-order valence-electron chi connectivity index (χ0n) is 11.3. The number of benzene rings is 2. The number of hydrogen-bond donors (Lipinski definition) is 1. The molecule has 106 valence electrons. The van der Waals surface area contributed by atoms with Gasteiger partial charge in [-0.25, -0.2) is 4.39 Å². The molecule has 0 atom stereocenters. The molecule has 0 radical (unpaired) electrons. The Hall–Kier alpha value is -0.840. The summed E-state index contributed by atoms with van der Waals surface area (Å²) in [5.74, 6) is 0.486. The average molecular weight is 354 g/mol. The third-order valence-electron chi connectivity index (χ3n) is 2.88. The maximum Gasteiger partial charge on any atom is 0.127 e. The van der Waals surface area contributed by atoms with Gasteiger partial charge >= 0.3 is 0 Å². The summed E-state index contributed by atoms with van der Waals surface area (Å²) in [5, 5.41) is 3.31. The molecule has 20 heavy (non-hydrogen) atoms. The molecule has 0 unspecified atom stereocenters. The molecule has 0 saturated carbocycles. The first-order chi connectivity index (χ1) is 9.69. The Bertz CT molecular complexity index is 574. The Balaban J connectivity index is 2.01. The molecule has 0 aliphatic rings. The molecule has 1 nitrogen and oxygen atoms in total. The minimum Gasteiger partial charge on any atom is -0.313 e. The maximum atomic E-state index is 13.7. The second kappa shape index (κ2) is 7.81. The lowest BCUT2D eigenvalue weighted by Crippen LogP contribution is -2.11. The first-order valence-electron chi connectivity index (χ1n) is 6.55. The van der Waals surface area contributed by atoms with Crippen LogP contribution in [0.15, 0.2) is 51.8 Å². The molecular formula is C16H17BrFNS. The molecule has 1 N–H and O–H groups in total. The van der Waals surface area contributed by atoms with Crippen LogP contribution in [0.1, 0.15) is 18.1 Å². The summed E-state index contributed by atoms with van der Waals surface area (Å²) in [6.07, 6.45) is 0. The number of nitrogens with one attached hydrogen (secondary N) is 1. The van der Waals surface area contributed by atoms with Gasteiger partial charge in [-0.15, -0.1) is 11.8 Å². The molecule has 0 saturated heterocycles. The van der Waals surface area contributed by atoms with Crippen molar-refractivity contribution in [2.45, 2.75) is 24.1 Å². The largest absolute Gasteiger partial charge is 0.313 e. The van der Waals surface area contributed by atoms with Crippen LogP contribution in [0.25, 0.3) is 0 Å². The molecule has 0 spiro atoms. The summed E-state index contributed by atoms with van der Waals surface area (Å²) in [4.78, 5) is 1.17. The van der Waals surface area contributed by atoms with Gasteiger partial charge in [-0.2, -0.15) is 0 Å². The van der Waals surface area contributed by atoms with E-state index in [1.165, 1.54) is 16.5 Å². The monoisotopic (exact) mass is 353 g/mol. The molecule has 2 rings (SSSR count). The standard InChI is InChI=1S/C16H17BrFNS/c1-2-19-10-12-4-3-5-15(8-12)20-11-13-9-14(17)6-7-16(13)18/h3-9,19H,2,10-11H2,1H3. The fourth-order valence-corrected chi connectivity index (χ4v) is 3.19. The lowest BCUT2D eigenvalue weighted by atomic mass is 10.2. The van der Waals surface area contributed by atoms with Gasteiger partial charge in [-0.1, -0.05) is 35.0 Å². The normalized spacial score (nSPS) is 10.8. The third kappa shape index (κ3) is 4.62. The van der Waals surface area contributed by atoms with E-state index < -0.39 is 0 Å². The average Bonchev–Trinajstić information content (AvgIpc) is 2.46. The van der Waals surface area contributed by atoms with E-state index in [2.05, 4.69) is 46.4 Å². The summed E-state index contributed by atoms with van der Waals surface area (Å²) in [6.45, 7) is 3.92. The predicted octanol–water partition coefficient (Wildman–Crippen LogP) is 4.99. The smallest absolute Gasteiger partial charge is 0.127 e. The molecule has 0 aromatic heterocycles. The molecule has 4 heteroatoms. The van der Waals surface area contributed by atoms with Gasteiger partial charge in [0.05, 0.1) is 0 Å². The number of hydrogen-bond acceptors (Lipinski definition) is 2. The molecule has 2 aromatic carbocycles. The van der Waals surface area contributed by atoms with Gasteiger partial charge < -0.3 is 5.32 Å². The quantitative estimate of drug-likeness (QED) is 0.734. The van der Waals surface area contributed by atoms with Crippen LogP contribution in [0.2, 0.25) is 0 Å². The Morgan fingerprint density at radius 1 is 1.20 bits per heavy atom. The molecular weight excluding hydrogens is 337 g/mol. The topological polar surface area (TPSA) is 12.0 Å². The van der Waals surface area contributed by atoms with E-state index in [9.17, 15) is 4.39 Å². The zero-order valence-corrected chi connectivity index (χ0v) is 13.7. The van der Waals surface area contributed by atoms with Gasteiger partial charge in [0, 0.05) is 21.7 Å². The Morgan fingerprint density at radius 3 is 2.85 bits per heavy atom. The van der Waals surface area contributed by atoms with Gasteiger partial charge in [-0.05, 0) is 48.0 Å². The first-order valence-corrected chi connectivity index (χ1v) is 8.33. The summed E-state index contributed by atoms with van der Waals surface area (Å²) in [5.41, 5.74) is 1.98. The minimum absolute atomic E-state index is 0.149. The summed E-state index contributed by atoms with van der Waals surface area (Å²) < 4.78 is 14.6. The van der Waals surface area contributed by atoms with E-state index in [-0.39, 0.29) is 5.82 Å². The van der Waals surface area contributed by atoms with E-state index in [0.717, 1.165) is 23.1 Å². The van der Waals surface area contributed by atoms with Crippen LogP contribution in [0.5, 0.6) is 0 Å². The minimum atomic E-state index is -0.149. The molecule has 0 amide bonds. The Morgan fingerprint density at radius 2 is 2.05 bits per heavy atom. The molecule has 0 bridgehead atoms. The van der Waals surface area contributed by atoms with E-state index >= 15 is 0 Å². The van der Waals surface area contributed by atoms with E-state index in [1.807, 2.05) is 12.1 Å². The SMILES string of the molecule is CCNCc1cccc(SCc2cc(Br)ccc2F)c1. The lowest BCUT2D eigenvalue weighted by Gasteiger charge is -2.07. The van der Waals surface area contributed by atoms with Crippen molar-refractivity contribution in [2.75, 3.05) is 6.54 Å². The van der Waals surface area contributed by atoms with Crippen LogP contribution in [0.4, 0.5) is 4.39 Å². The highest BCUT2D eigenvalue weighted by Gasteiger charge is 2.04. The van der Waals surface area contributed by atoms with Crippen molar-refractivity contribution in [2.24, 2.45) is 0 Å². The fourth-order valence-electron chi connectivity index (χ4n) is 1.83. The molecule has 0 aliphatic carbocycles. The van der Waals surface area contributed by atoms with E-state index in [0.29, 0.717) is 5.75 Å². The number of rotatable bonds is 6. The van der Waals surface area contributed by atoms with Crippen molar-refractivity contribution in [1.82, 2.24) is 5.32 Å². The Labute approximate surface area is 132 Å². The van der Waals surface area contributed by atoms with Gasteiger partial charge in [0.25, 0.3) is 0 Å². The zero-order chi connectivity index (χ0) is 14.4. The van der Waals surface area contributed by atoms with E-state index in [1.54, 1.807) is 17.8 Å². The molecule has 0 heterocycles. The first kappa shape index (κ1) is 15.5. The second-order valence-corrected chi connectivity index (χ2v) is 6.42. The van der Waals surface area contributed by atoms with Crippen LogP contribution in [0.3, 0.4) is 0 Å². The summed E-state index contributed by atoms with van der Waals surface area (Å²) in [7, 11) is 0. The number of halogens is 2. The molecule has 0 fully saturated rings. The van der Waals surface area contributed by atoms with Crippen LogP contribution in [-0.4, -0.2) is 6.54 Å². The van der Waals surface area contributed by atoms with Gasteiger partial charge in [0.1, 0.15) is 5.82 Å². The van der Waals surface area contributed by atoms with Crippen molar-refractivity contribution >= 4 is 27.7 Å². The number of thioether (sulfide) groups is 1. The van der Waals surface area contributed by atoms with Crippen molar-refractivity contribution in [3.8, 4) is 0 Å². The molecule has 2 aromatic rings. The van der Waals surface area contributed by atoms with Gasteiger partial charge in [0.2, 0.25) is 0 Å². The van der Waals surface area contributed by atoms with Crippen LogP contribution in [-0.2, 0) is 12.3 Å².